The van der Waals surface area contributed by atoms with Crippen molar-refractivity contribution in [1.29, 1.82) is 0 Å². The van der Waals surface area contributed by atoms with Crippen molar-refractivity contribution in [3.8, 4) is 11.3 Å². The van der Waals surface area contributed by atoms with E-state index in [-0.39, 0.29) is 12.0 Å². The van der Waals surface area contributed by atoms with Crippen LogP contribution in [-0.2, 0) is 21.4 Å². The Morgan fingerprint density at radius 1 is 1.13 bits per heavy atom. The molecule has 0 unspecified atom stereocenters. The van der Waals surface area contributed by atoms with Gasteiger partial charge in [-0.3, -0.25) is 0 Å². The van der Waals surface area contributed by atoms with E-state index in [9.17, 15) is 8.42 Å². The molecule has 166 valence electrons. The Labute approximate surface area is 180 Å². The van der Waals surface area contributed by atoms with Crippen molar-refractivity contribution >= 4 is 27.9 Å². The van der Waals surface area contributed by atoms with Gasteiger partial charge in [-0.05, 0) is 6.42 Å². The topological polar surface area (TPSA) is 143 Å². The zero-order chi connectivity index (χ0) is 21.6. The second kappa shape index (κ2) is 7.82. The van der Waals surface area contributed by atoms with Crippen LogP contribution in [0.2, 0.25) is 0 Å². The van der Waals surface area contributed by atoms with Crippen LogP contribution >= 0.6 is 0 Å². The number of nitrogens with zero attached hydrogens (tertiary/aromatic N) is 7. The molecule has 3 N–H and O–H groups in total. The van der Waals surface area contributed by atoms with E-state index in [4.69, 9.17) is 20.4 Å². The van der Waals surface area contributed by atoms with Gasteiger partial charge in [-0.1, -0.05) is 0 Å². The van der Waals surface area contributed by atoms with E-state index in [0.29, 0.717) is 45.3 Å². The summed E-state index contributed by atoms with van der Waals surface area (Å²) in [5.41, 5.74) is 8.28. The number of anilines is 3. The summed E-state index contributed by atoms with van der Waals surface area (Å²) in [6.07, 6.45) is 4.14. The van der Waals surface area contributed by atoms with Crippen molar-refractivity contribution in [2.75, 3.05) is 68.5 Å². The average Bonchev–Trinajstić information content (AvgIpc) is 3.17. The molecule has 5 rings (SSSR count). The van der Waals surface area contributed by atoms with Crippen LogP contribution in [0.4, 0.5) is 17.7 Å². The molecule has 2 saturated heterocycles. The number of nitrogens with one attached hydrogen (secondary N) is 1. The van der Waals surface area contributed by atoms with Gasteiger partial charge in [0.2, 0.25) is 11.9 Å². The second-order valence-electron chi connectivity index (χ2n) is 7.73. The molecule has 0 amide bonds. The Hall–Kier alpha value is -2.61. The maximum Gasteiger partial charge on any atom is 0.279 e. The highest BCUT2D eigenvalue weighted by Crippen LogP contribution is 2.38. The first kappa shape index (κ1) is 20.3. The number of hydrogen-bond donors (Lipinski definition) is 2. The molecule has 0 aliphatic carbocycles. The quantitative estimate of drug-likeness (QED) is 0.577. The van der Waals surface area contributed by atoms with Gasteiger partial charge in [-0.25, -0.2) is 19.7 Å². The maximum absolute atomic E-state index is 12.0. The van der Waals surface area contributed by atoms with Gasteiger partial charge in [0.25, 0.3) is 10.2 Å². The predicted octanol–water partition coefficient (Wildman–Crippen LogP) is -1.14. The van der Waals surface area contributed by atoms with Crippen molar-refractivity contribution in [2.24, 2.45) is 0 Å². The molecule has 0 bridgehead atoms. The Balaban J connectivity index is 1.50. The lowest BCUT2D eigenvalue weighted by Gasteiger charge is -2.43. The standard InChI is InChI=1S/C18H25N9O3S/c1-20-31(28,29)26-10-13(11-26)27-3-2-14-15(12-8-21-17(19)22-9-12)23-18(24-16(14)27)25-4-6-30-7-5-25/h8-9,13,20H,2-7,10-11H2,1H3,(H2,19,21,22). The van der Waals surface area contributed by atoms with Crippen LogP contribution in [0.5, 0.6) is 0 Å². The second-order valence-corrected chi connectivity index (χ2v) is 9.60. The molecule has 0 saturated carbocycles. The normalized spacial score (nSPS) is 20.0. The van der Waals surface area contributed by atoms with E-state index in [2.05, 4.69) is 24.5 Å². The van der Waals surface area contributed by atoms with Gasteiger partial charge in [0.1, 0.15) is 5.82 Å². The summed E-state index contributed by atoms with van der Waals surface area (Å²) in [4.78, 5) is 22.3. The molecule has 0 atom stereocenters. The monoisotopic (exact) mass is 447 g/mol. The minimum atomic E-state index is -3.41. The molecule has 0 spiro atoms. The fourth-order valence-corrected chi connectivity index (χ4v) is 5.16. The average molecular weight is 448 g/mol. The molecule has 13 heteroatoms. The fourth-order valence-electron chi connectivity index (χ4n) is 4.17. The number of rotatable bonds is 5. The first-order valence-electron chi connectivity index (χ1n) is 10.2. The minimum Gasteiger partial charge on any atom is -0.378 e. The van der Waals surface area contributed by atoms with Crippen LogP contribution < -0.4 is 20.3 Å². The van der Waals surface area contributed by atoms with Crippen molar-refractivity contribution in [3.63, 3.8) is 0 Å². The van der Waals surface area contributed by atoms with Crippen LogP contribution in [0.25, 0.3) is 11.3 Å². The molecule has 31 heavy (non-hydrogen) atoms. The minimum absolute atomic E-state index is 0.0762. The van der Waals surface area contributed by atoms with Gasteiger partial charge in [-0.15, -0.1) is 0 Å². The summed E-state index contributed by atoms with van der Waals surface area (Å²) in [5.74, 6) is 1.71. The van der Waals surface area contributed by atoms with Crippen LogP contribution in [-0.4, -0.2) is 91.7 Å². The molecule has 0 aromatic carbocycles. The van der Waals surface area contributed by atoms with E-state index in [0.717, 1.165) is 35.6 Å². The molecule has 2 aromatic heterocycles. The Morgan fingerprint density at radius 3 is 2.52 bits per heavy atom. The SMILES string of the molecule is CNS(=O)(=O)N1CC(N2CCc3c(-c4cnc(N)nc4)nc(N4CCOCC4)nc32)C1. The third-order valence-corrected chi connectivity index (χ3v) is 7.45. The van der Waals surface area contributed by atoms with Gasteiger partial charge in [-0.2, -0.15) is 17.7 Å². The highest BCUT2D eigenvalue weighted by molar-refractivity contribution is 7.87. The number of nitrogen functional groups attached to an aromatic ring is 1. The largest absolute Gasteiger partial charge is 0.378 e. The summed E-state index contributed by atoms with van der Waals surface area (Å²) >= 11 is 0. The van der Waals surface area contributed by atoms with Gasteiger partial charge in [0.15, 0.2) is 0 Å². The van der Waals surface area contributed by atoms with E-state index < -0.39 is 10.2 Å². The van der Waals surface area contributed by atoms with Gasteiger partial charge in [0.05, 0.1) is 24.9 Å². The maximum atomic E-state index is 12.0. The van der Waals surface area contributed by atoms with Crippen LogP contribution in [0, 0.1) is 0 Å². The van der Waals surface area contributed by atoms with E-state index in [1.54, 1.807) is 12.4 Å². The van der Waals surface area contributed by atoms with Crippen LogP contribution in [0.3, 0.4) is 0 Å². The van der Waals surface area contributed by atoms with Gasteiger partial charge < -0.3 is 20.3 Å². The Kier molecular flexibility index (Phi) is 5.12. The molecule has 12 nitrogen and oxygen atoms in total. The number of morpholine rings is 1. The molecular weight excluding hydrogens is 422 g/mol. The predicted molar refractivity (Wildman–Crippen MR) is 115 cm³/mol. The lowest BCUT2D eigenvalue weighted by Crippen LogP contribution is -2.62. The third kappa shape index (κ3) is 3.67. The molecule has 0 radical (unpaired) electrons. The number of nitrogens with two attached hydrogens (primary N) is 1. The van der Waals surface area contributed by atoms with Crippen LogP contribution in [0.1, 0.15) is 5.56 Å². The Morgan fingerprint density at radius 2 is 1.84 bits per heavy atom. The first-order chi connectivity index (χ1) is 15.0. The summed E-state index contributed by atoms with van der Waals surface area (Å²) in [5, 5.41) is 0. The van der Waals surface area contributed by atoms with Crippen molar-refractivity contribution in [3.05, 3.63) is 18.0 Å². The Bertz CT molecular complexity index is 1070. The zero-order valence-electron chi connectivity index (χ0n) is 17.2. The third-order valence-electron chi connectivity index (χ3n) is 5.95. The first-order valence-corrected chi connectivity index (χ1v) is 11.7. The summed E-state index contributed by atoms with van der Waals surface area (Å²) < 4.78 is 33.4. The highest BCUT2D eigenvalue weighted by atomic mass is 32.2. The summed E-state index contributed by atoms with van der Waals surface area (Å²) in [7, 11) is -1.98. The number of fused-ring (bicyclic) bond motifs is 1. The molecular formula is C18H25N9O3S. The number of aromatic nitrogens is 4. The lowest BCUT2D eigenvalue weighted by molar-refractivity contribution is 0.122. The molecule has 2 fully saturated rings. The van der Waals surface area contributed by atoms with E-state index >= 15 is 0 Å². The number of hydrogen-bond acceptors (Lipinski definition) is 10. The van der Waals surface area contributed by atoms with Crippen molar-refractivity contribution in [1.82, 2.24) is 29.0 Å². The van der Waals surface area contributed by atoms with Crippen molar-refractivity contribution < 1.29 is 13.2 Å². The zero-order valence-corrected chi connectivity index (χ0v) is 18.0. The lowest BCUT2D eigenvalue weighted by atomic mass is 10.1. The summed E-state index contributed by atoms with van der Waals surface area (Å²) in [6.45, 7) is 4.31. The molecule has 3 aliphatic rings. The molecule has 2 aromatic rings. The van der Waals surface area contributed by atoms with Gasteiger partial charge in [0, 0.05) is 63.3 Å². The van der Waals surface area contributed by atoms with Crippen molar-refractivity contribution in [2.45, 2.75) is 12.5 Å². The molecule has 3 aliphatic heterocycles. The summed E-state index contributed by atoms with van der Waals surface area (Å²) in [6, 6.07) is 0.0762. The van der Waals surface area contributed by atoms with E-state index in [1.807, 2.05) is 0 Å². The number of ether oxygens (including phenoxy) is 1. The van der Waals surface area contributed by atoms with Crippen LogP contribution in [0.15, 0.2) is 12.4 Å². The highest BCUT2D eigenvalue weighted by Gasteiger charge is 2.42. The molecule has 5 heterocycles. The smallest absolute Gasteiger partial charge is 0.279 e. The fraction of sp³-hybridized carbons (Fsp3) is 0.556. The van der Waals surface area contributed by atoms with Gasteiger partial charge >= 0.3 is 0 Å². The van der Waals surface area contributed by atoms with E-state index in [1.165, 1.54) is 11.4 Å².